The van der Waals surface area contributed by atoms with Crippen molar-refractivity contribution in [3.05, 3.63) is 35.9 Å². The van der Waals surface area contributed by atoms with Crippen LogP contribution in [0.5, 0.6) is 0 Å². The molecule has 1 aliphatic heterocycles. The van der Waals surface area contributed by atoms with Crippen LogP contribution in [0.4, 0.5) is 0 Å². The van der Waals surface area contributed by atoms with E-state index in [2.05, 4.69) is 24.4 Å². The Morgan fingerprint density at radius 3 is 2.81 bits per heavy atom. The molecule has 4 heteroatoms. The lowest BCUT2D eigenvalue weighted by molar-refractivity contribution is 0.128. The van der Waals surface area contributed by atoms with Gasteiger partial charge in [-0.25, -0.2) is 0 Å². The lowest BCUT2D eigenvalue weighted by atomic mass is 9.92. The highest BCUT2D eigenvalue weighted by Crippen LogP contribution is 2.27. The molecule has 118 valence electrons. The van der Waals surface area contributed by atoms with Gasteiger partial charge in [0.05, 0.1) is 18.2 Å². The van der Waals surface area contributed by atoms with Crippen molar-refractivity contribution in [3.63, 3.8) is 0 Å². The summed E-state index contributed by atoms with van der Waals surface area (Å²) in [6.45, 7) is 4.09. The van der Waals surface area contributed by atoms with Crippen molar-refractivity contribution in [2.45, 2.75) is 37.8 Å². The molecule has 2 N–H and O–H groups in total. The molecular weight excluding hydrogens is 282 g/mol. The summed E-state index contributed by atoms with van der Waals surface area (Å²) in [6.07, 6.45) is 3.81. The Balaban J connectivity index is 1.99. The van der Waals surface area contributed by atoms with E-state index in [9.17, 15) is 5.11 Å². The van der Waals surface area contributed by atoms with E-state index in [1.165, 1.54) is 18.4 Å². The normalized spacial score (nSPS) is 21.3. The molecule has 2 atom stereocenters. The van der Waals surface area contributed by atoms with E-state index in [0.29, 0.717) is 6.10 Å². The second-order valence-electron chi connectivity index (χ2n) is 5.68. The van der Waals surface area contributed by atoms with Gasteiger partial charge in [-0.2, -0.15) is 11.8 Å². The van der Waals surface area contributed by atoms with Crippen molar-refractivity contribution in [2.75, 3.05) is 31.3 Å². The van der Waals surface area contributed by atoms with Crippen molar-refractivity contribution < 1.29 is 9.84 Å². The Labute approximate surface area is 132 Å². The molecular formula is C17H27NO2S. The molecule has 0 spiro atoms. The maximum absolute atomic E-state index is 10.0. The molecule has 0 amide bonds. The number of hydrogen-bond acceptors (Lipinski definition) is 4. The van der Waals surface area contributed by atoms with Gasteiger partial charge in [0, 0.05) is 18.1 Å². The van der Waals surface area contributed by atoms with Gasteiger partial charge in [0.1, 0.15) is 0 Å². The van der Waals surface area contributed by atoms with Gasteiger partial charge in [0.25, 0.3) is 0 Å². The topological polar surface area (TPSA) is 41.5 Å². The molecule has 2 rings (SSSR count). The van der Waals surface area contributed by atoms with Gasteiger partial charge in [0.15, 0.2) is 0 Å². The molecule has 1 saturated heterocycles. The van der Waals surface area contributed by atoms with Gasteiger partial charge in [0.2, 0.25) is 0 Å². The molecule has 1 heterocycles. The van der Waals surface area contributed by atoms with E-state index in [0.717, 1.165) is 31.1 Å². The predicted molar refractivity (Wildman–Crippen MR) is 89.8 cm³/mol. The molecule has 0 saturated carbocycles. The minimum atomic E-state index is -0.347. The second kappa shape index (κ2) is 8.79. The van der Waals surface area contributed by atoms with Crippen LogP contribution in [0.1, 0.15) is 31.7 Å². The van der Waals surface area contributed by atoms with Gasteiger partial charge < -0.3 is 15.2 Å². The third kappa shape index (κ3) is 4.71. The van der Waals surface area contributed by atoms with Crippen LogP contribution < -0.4 is 5.32 Å². The molecule has 0 radical (unpaired) electrons. The number of hydrogen-bond donors (Lipinski definition) is 2. The second-order valence-corrected chi connectivity index (χ2v) is 6.71. The monoisotopic (exact) mass is 309 g/mol. The maximum atomic E-state index is 10.0. The summed E-state index contributed by atoms with van der Waals surface area (Å²) >= 11 is 1.88. The number of benzene rings is 1. The molecule has 2 unspecified atom stereocenters. The lowest BCUT2D eigenvalue weighted by Gasteiger charge is -2.34. The van der Waals surface area contributed by atoms with E-state index in [4.69, 9.17) is 4.74 Å². The Bertz CT molecular complexity index is 395. The number of rotatable bonds is 9. The summed E-state index contributed by atoms with van der Waals surface area (Å²) in [5.41, 5.74) is 0.821. The summed E-state index contributed by atoms with van der Waals surface area (Å²) in [5.74, 6) is 1.88. The number of nitrogens with one attached hydrogen (secondary N) is 1. The Morgan fingerprint density at radius 2 is 2.19 bits per heavy atom. The van der Waals surface area contributed by atoms with Crippen molar-refractivity contribution in [2.24, 2.45) is 0 Å². The Kier molecular flexibility index (Phi) is 7.04. The van der Waals surface area contributed by atoms with Gasteiger partial charge in [-0.15, -0.1) is 0 Å². The first-order chi connectivity index (χ1) is 10.3. The number of thioether (sulfide) groups is 1. The minimum Gasteiger partial charge on any atom is -0.394 e. The highest BCUT2D eigenvalue weighted by Gasteiger charge is 2.31. The first-order valence-corrected chi connectivity index (χ1v) is 9.07. The van der Waals surface area contributed by atoms with Crippen LogP contribution in [-0.2, 0) is 10.3 Å². The van der Waals surface area contributed by atoms with Gasteiger partial charge in [-0.3, -0.25) is 0 Å². The maximum Gasteiger partial charge on any atom is 0.0760 e. The fourth-order valence-electron chi connectivity index (χ4n) is 2.69. The highest BCUT2D eigenvalue weighted by atomic mass is 32.2. The lowest BCUT2D eigenvalue weighted by Crippen LogP contribution is -2.48. The summed E-state index contributed by atoms with van der Waals surface area (Å²) in [7, 11) is 0. The molecule has 1 fully saturated rings. The smallest absolute Gasteiger partial charge is 0.0760 e. The van der Waals surface area contributed by atoms with Crippen LogP contribution in [0.3, 0.4) is 0 Å². The molecule has 3 nitrogen and oxygen atoms in total. The zero-order valence-corrected chi connectivity index (χ0v) is 13.7. The molecule has 1 aromatic rings. The zero-order chi connectivity index (χ0) is 15.0. The highest BCUT2D eigenvalue weighted by molar-refractivity contribution is 7.99. The summed E-state index contributed by atoms with van der Waals surface area (Å²) < 4.78 is 5.68. The van der Waals surface area contributed by atoms with E-state index < -0.39 is 0 Å². The van der Waals surface area contributed by atoms with Gasteiger partial charge >= 0.3 is 0 Å². The first kappa shape index (κ1) is 16.8. The third-order valence-electron chi connectivity index (χ3n) is 3.99. The molecule has 1 aromatic carbocycles. The average molecular weight is 309 g/mol. The van der Waals surface area contributed by atoms with Crippen molar-refractivity contribution >= 4 is 11.8 Å². The number of aliphatic hydroxyl groups is 1. The summed E-state index contributed by atoms with van der Waals surface area (Å²) in [6, 6.07) is 10.3. The minimum absolute atomic E-state index is 0.121. The van der Waals surface area contributed by atoms with E-state index in [1.807, 2.05) is 30.0 Å². The van der Waals surface area contributed by atoms with Crippen molar-refractivity contribution in [1.82, 2.24) is 5.32 Å². The first-order valence-electron chi connectivity index (χ1n) is 7.91. The van der Waals surface area contributed by atoms with Crippen LogP contribution in [0, 0.1) is 0 Å². The van der Waals surface area contributed by atoms with Crippen molar-refractivity contribution in [1.29, 1.82) is 0 Å². The van der Waals surface area contributed by atoms with Gasteiger partial charge in [-0.05, 0) is 31.4 Å². The van der Waals surface area contributed by atoms with E-state index in [-0.39, 0.29) is 12.1 Å². The molecule has 0 aromatic heterocycles. The van der Waals surface area contributed by atoms with Crippen molar-refractivity contribution in [3.8, 4) is 0 Å². The molecule has 1 aliphatic rings. The summed E-state index contributed by atoms with van der Waals surface area (Å²) in [5, 5.41) is 13.6. The third-order valence-corrected chi connectivity index (χ3v) is 5.29. The van der Waals surface area contributed by atoms with E-state index in [1.54, 1.807) is 0 Å². The zero-order valence-electron chi connectivity index (χ0n) is 12.9. The van der Waals surface area contributed by atoms with Crippen LogP contribution in [0.25, 0.3) is 0 Å². The fourth-order valence-corrected chi connectivity index (χ4v) is 4.04. The summed E-state index contributed by atoms with van der Waals surface area (Å²) in [4.78, 5) is 0. The van der Waals surface area contributed by atoms with Gasteiger partial charge in [-0.1, -0.05) is 37.3 Å². The van der Waals surface area contributed by atoms with Crippen LogP contribution >= 0.6 is 11.8 Å². The van der Waals surface area contributed by atoms with Crippen LogP contribution in [0.15, 0.2) is 30.3 Å². The fraction of sp³-hybridized carbons (Fsp3) is 0.647. The molecule has 0 bridgehead atoms. The van der Waals surface area contributed by atoms with E-state index >= 15 is 0 Å². The predicted octanol–water partition coefficient (Wildman–Crippen LogP) is 2.79. The molecule has 0 aliphatic carbocycles. The SMILES string of the molecule is CCCNC(CO)(CSCC1CCCO1)c1ccccc1. The Morgan fingerprint density at radius 1 is 1.38 bits per heavy atom. The quantitative estimate of drug-likeness (QED) is 0.736. The van der Waals surface area contributed by atoms with Crippen LogP contribution in [-0.4, -0.2) is 42.5 Å². The molecule has 21 heavy (non-hydrogen) atoms. The largest absolute Gasteiger partial charge is 0.394 e. The average Bonchev–Trinajstić information content (AvgIpc) is 3.05. The number of ether oxygens (including phenoxy) is 1. The Hall–Kier alpha value is -0.550. The van der Waals surface area contributed by atoms with Crippen LogP contribution in [0.2, 0.25) is 0 Å². The standard InChI is InChI=1S/C17H27NO2S/c1-2-10-18-17(13-19,15-7-4-3-5-8-15)14-21-12-16-9-6-11-20-16/h3-5,7-8,16,18-19H,2,6,9-14H2,1H3. The number of aliphatic hydroxyl groups excluding tert-OH is 1.